The first-order valence-corrected chi connectivity index (χ1v) is 7.20. The molecule has 0 spiro atoms. The van der Waals surface area contributed by atoms with Crippen LogP contribution in [0.15, 0.2) is 22.7 Å². The van der Waals surface area contributed by atoms with E-state index in [4.69, 9.17) is 10.5 Å². The van der Waals surface area contributed by atoms with Gasteiger partial charge in [0.15, 0.2) is 0 Å². The molecule has 0 bridgehead atoms. The summed E-state index contributed by atoms with van der Waals surface area (Å²) in [5.41, 5.74) is 6.38. The summed E-state index contributed by atoms with van der Waals surface area (Å²) >= 11 is 3.41. The van der Waals surface area contributed by atoms with Crippen LogP contribution in [-0.2, 0) is 0 Å². The van der Waals surface area contributed by atoms with Gasteiger partial charge in [-0.05, 0) is 59.9 Å². The minimum absolute atomic E-state index is 0.0619. The maximum absolute atomic E-state index is 12.5. The predicted molar refractivity (Wildman–Crippen MR) is 78.4 cm³/mol. The van der Waals surface area contributed by atoms with Crippen LogP contribution in [0.3, 0.4) is 0 Å². The smallest absolute Gasteiger partial charge is 0.254 e. The third-order valence-electron chi connectivity index (χ3n) is 3.65. The fourth-order valence-electron chi connectivity index (χ4n) is 2.56. The topological polar surface area (TPSA) is 55.6 Å². The first-order chi connectivity index (χ1) is 9.06. The molecule has 0 aliphatic carbocycles. The predicted octanol–water partition coefficient (Wildman–Crippen LogP) is 2.27. The summed E-state index contributed by atoms with van der Waals surface area (Å²) < 4.78 is 5.97. The Balaban J connectivity index is 2.18. The number of rotatable bonds is 3. The molecule has 1 aliphatic rings. The second-order valence-corrected chi connectivity index (χ2v) is 5.85. The van der Waals surface area contributed by atoms with Crippen LogP contribution in [0.2, 0.25) is 0 Å². The Morgan fingerprint density at radius 2 is 2.32 bits per heavy atom. The average molecular weight is 327 g/mol. The molecule has 1 aliphatic heterocycles. The molecule has 104 valence electrons. The molecule has 1 aromatic carbocycles. The van der Waals surface area contributed by atoms with Crippen molar-refractivity contribution in [3.63, 3.8) is 0 Å². The third kappa shape index (κ3) is 2.92. The summed E-state index contributed by atoms with van der Waals surface area (Å²) in [5.74, 6) is 1.21. The minimum Gasteiger partial charge on any atom is -0.496 e. The van der Waals surface area contributed by atoms with Crippen molar-refractivity contribution in [1.29, 1.82) is 0 Å². The summed E-state index contributed by atoms with van der Waals surface area (Å²) in [4.78, 5) is 14.4. The maximum atomic E-state index is 12.5. The molecule has 2 rings (SSSR count). The fraction of sp³-hybridized carbons (Fsp3) is 0.500. The number of likely N-dealkylation sites (tertiary alicyclic amines) is 1. The fourth-order valence-corrected chi connectivity index (χ4v) is 3.10. The maximum Gasteiger partial charge on any atom is 0.254 e. The first-order valence-electron chi connectivity index (χ1n) is 6.41. The molecule has 1 amide bonds. The van der Waals surface area contributed by atoms with Crippen LogP contribution < -0.4 is 10.5 Å². The molecule has 1 fully saturated rings. The lowest BCUT2D eigenvalue weighted by Gasteiger charge is -2.22. The number of hydrogen-bond acceptors (Lipinski definition) is 3. The molecule has 19 heavy (non-hydrogen) atoms. The van der Waals surface area contributed by atoms with Gasteiger partial charge in [0.1, 0.15) is 5.75 Å². The Morgan fingerprint density at radius 1 is 1.58 bits per heavy atom. The van der Waals surface area contributed by atoms with E-state index in [-0.39, 0.29) is 11.9 Å². The van der Waals surface area contributed by atoms with Crippen molar-refractivity contribution in [2.45, 2.75) is 19.4 Å². The lowest BCUT2D eigenvalue weighted by Crippen LogP contribution is -2.34. The summed E-state index contributed by atoms with van der Waals surface area (Å²) in [6, 6.07) is 5.67. The number of amides is 1. The van der Waals surface area contributed by atoms with E-state index < -0.39 is 0 Å². The zero-order valence-corrected chi connectivity index (χ0v) is 12.8. The molecule has 2 unspecified atom stereocenters. The Labute approximate surface area is 122 Å². The van der Waals surface area contributed by atoms with Crippen LogP contribution in [0.5, 0.6) is 5.75 Å². The second kappa shape index (κ2) is 5.92. The van der Waals surface area contributed by atoms with Crippen molar-refractivity contribution in [2.24, 2.45) is 11.7 Å². The molecule has 1 aromatic rings. The summed E-state index contributed by atoms with van der Waals surface area (Å²) in [7, 11) is 1.61. The molecule has 0 saturated carbocycles. The number of nitrogens with zero attached hydrogens (tertiary/aromatic N) is 1. The lowest BCUT2D eigenvalue weighted by molar-refractivity contribution is 0.0743. The SMILES string of the molecule is COc1ccc(C(=O)N2CC(CN)CC2C)cc1Br. The van der Waals surface area contributed by atoms with Gasteiger partial charge >= 0.3 is 0 Å². The summed E-state index contributed by atoms with van der Waals surface area (Å²) in [6.07, 6.45) is 0.986. The Kier molecular flexibility index (Phi) is 4.47. The Bertz CT molecular complexity index is 479. The highest BCUT2D eigenvalue weighted by Crippen LogP contribution is 2.28. The van der Waals surface area contributed by atoms with E-state index >= 15 is 0 Å². The van der Waals surface area contributed by atoms with Gasteiger partial charge in [-0.2, -0.15) is 0 Å². The average Bonchev–Trinajstić information content (AvgIpc) is 2.79. The van der Waals surface area contributed by atoms with Gasteiger partial charge in [0.2, 0.25) is 0 Å². The Hall–Kier alpha value is -1.07. The number of carbonyl (C=O) groups is 1. The van der Waals surface area contributed by atoms with Crippen LogP contribution in [0.4, 0.5) is 0 Å². The second-order valence-electron chi connectivity index (χ2n) is 4.99. The molecule has 1 heterocycles. The van der Waals surface area contributed by atoms with Gasteiger partial charge in [0, 0.05) is 18.2 Å². The van der Waals surface area contributed by atoms with E-state index in [1.807, 2.05) is 11.0 Å². The van der Waals surface area contributed by atoms with E-state index in [0.717, 1.165) is 23.2 Å². The number of nitrogens with two attached hydrogens (primary N) is 1. The number of ether oxygens (including phenoxy) is 1. The van der Waals surface area contributed by atoms with E-state index in [9.17, 15) is 4.79 Å². The van der Waals surface area contributed by atoms with Gasteiger partial charge in [-0.1, -0.05) is 0 Å². The van der Waals surface area contributed by atoms with Gasteiger partial charge < -0.3 is 15.4 Å². The van der Waals surface area contributed by atoms with Crippen LogP contribution in [0, 0.1) is 5.92 Å². The highest BCUT2D eigenvalue weighted by atomic mass is 79.9. The largest absolute Gasteiger partial charge is 0.496 e. The number of carbonyl (C=O) groups excluding carboxylic acids is 1. The molecule has 0 radical (unpaired) electrons. The third-order valence-corrected chi connectivity index (χ3v) is 4.27. The molecule has 2 N–H and O–H groups in total. The highest BCUT2D eigenvalue weighted by Gasteiger charge is 2.32. The van der Waals surface area contributed by atoms with E-state index in [1.54, 1.807) is 19.2 Å². The van der Waals surface area contributed by atoms with Crippen molar-refractivity contribution in [1.82, 2.24) is 4.90 Å². The van der Waals surface area contributed by atoms with Crippen LogP contribution >= 0.6 is 15.9 Å². The van der Waals surface area contributed by atoms with Gasteiger partial charge in [0.25, 0.3) is 5.91 Å². The highest BCUT2D eigenvalue weighted by molar-refractivity contribution is 9.10. The summed E-state index contributed by atoms with van der Waals surface area (Å²) in [6.45, 7) is 3.46. The van der Waals surface area contributed by atoms with Gasteiger partial charge in [-0.15, -0.1) is 0 Å². The van der Waals surface area contributed by atoms with Crippen molar-refractivity contribution >= 4 is 21.8 Å². The minimum atomic E-state index is 0.0619. The lowest BCUT2D eigenvalue weighted by atomic mass is 10.1. The molecular weight excluding hydrogens is 308 g/mol. The first kappa shape index (κ1) is 14.3. The van der Waals surface area contributed by atoms with Crippen molar-refractivity contribution in [2.75, 3.05) is 20.2 Å². The van der Waals surface area contributed by atoms with E-state index in [1.165, 1.54) is 0 Å². The van der Waals surface area contributed by atoms with Crippen LogP contribution in [0.1, 0.15) is 23.7 Å². The Morgan fingerprint density at radius 3 is 2.84 bits per heavy atom. The van der Waals surface area contributed by atoms with Gasteiger partial charge in [-0.3, -0.25) is 4.79 Å². The number of benzene rings is 1. The van der Waals surface area contributed by atoms with Crippen molar-refractivity contribution in [3.05, 3.63) is 28.2 Å². The van der Waals surface area contributed by atoms with Crippen molar-refractivity contribution in [3.8, 4) is 5.75 Å². The van der Waals surface area contributed by atoms with Gasteiger partial charge in [-0.25, -0.2) is 0 Å². The van der Waals surface area contributed by atoms with Gasteiger partial charge in [0.05, 0.1) is 11.6 Å². The molecule has 1 saturated heterocycles. The molecule has 0 aromatic heterocycles. The van der Waals surface area contributed by atoms with Crippen molar-refractivity contribution < 1.29 is 9.53 Å². The van der Waals surface area contributed by atoms with Crippen LogP contribution in [-0.4, -0.2) is 37.0 Å². The molecule has 2 atom stereocenters. The standard InChI is InChI=1S/C14H19BrN2O2/c1-9-5-10(7-16)8-17(9)14(18)11-3-4-13(19-2)12(15)6-11/h3-4,6,9-10H,5,7-8,16H2,1-2H3. The number of methoxy groups -OCH3 is 1. The zero-order chi connectivity index (χ0) is 14.0. The number of halogens is 1. The van der Waals surface area contributed by atoms with Crippen LogP contribution in [0.25, 0.3) is 0 Å². The monoisotopic (exact) mass is 326 g/mol. The molecular formula is C14H19BrN2O2. The van der Waals surface area contributed by atoms with E-state index in [0.29, 0.717) is 18.0 Å². The summed E-state index contributed by atoms with van der Waals surface area (Å²) in [5, 5.41) is 0. The normalized spacial score (nSPS) is 22.6. The molecule has 5 heteroatoms. The number of hydrogen-bond donors (Lipinski definition) is 1. The quantitative estimate of drug-likeness (QED) is 0.927. The van der Waals surface area contributed by atoms with E-state index in [2.05, 4.69) is 22.9 Å². The zero-order valence-electron chi connectivity index (χ0n) is 11.2. The molecule has 4 nitrogen and oxygen atoms in total.